The van der Waals surface area contributed by atoms with Crippen LogP contribution in [0.1, 0.15) is 23.1 Å². The fourth-order valence-corrected chi connectivity index (χ4v) is 4.64. The summed E-state index contributed by atoms with van der Waals surface area (Å²) in [5, 5.41) is 0. The first-order chi connectivity index (χ1) is 10.9. The molecule has 23 heavy (non-hydrogen) atoms. The molecule has 0 fully saturated rings. The minimum absolute atomic E-state index is 0.137. The van der Waals surface area contributed by atoms with Gasteiger partial charge < -0.3 is 0 Å². The van der Waals surface area contributed by atoms with E-state index in [9.17, 15) is 17.2 Å². The molecule has 0 aliphatic carbocycles. The number of benzene rings is 2. The van der Waals surface area contributed by atoms with Crippen LogP contribution in [0.3, 0.4) is 0 Å². The van der Waals surface area contributed by atoms with Crippen LogP contribution in [0.15, 0.2) is 36.4 Å². The summed E-state index contributed by atoms with van der Waals surface area (Å²) >= 11 is 0. The third-order valence-electron chi connectivity index (χ3n) is 3.92. The molecule has 0 N–H and O–H groups in total. The quantitative estimate of drug-likeness (QED) is 0.859. The summed E-state index contributed by atoms with van der Waals surface area (Å²) in [7, 11) is -3.78. The van der Waals surface area contributed by atoms with Gasteiger partial charge in [0.05, 0.1) is 11.4 Å². The molecule has 0 unspecified atom stereocenters. The fraction of sp³-hybridized carbons (Fsp3) is 0.294. The molecule has 1 aliphatic rings. The third-order valence-corrected chi connectivity index (χ3v) is 5.65. The van der Waals surface area contributed by atoms with Crippen LogP contribution in [0.2, 0.25) is 0 Å². The minimum atomic E-state index is -3.78. The molecule has 0 bridgehead atoms. The largest absolute Gasteiger partial charge is 0.267 e. The molecule has 0 aromatic heterocycles. The van der Waals surface area contributed by atoms with Crippen molar-refractivity contribution in [1.82, 2.24) is 0 Å². The van der Waals surface area contributed by atoms with Gasteiger partial charge in [0.1, 0.15) is 11.6 Å². The van der Waals surface area contributed by atoms with Crippen LogP contribution in [0, 0.1) is 18.6 Å². The second-order valence-electron chi connectivity index (χ2n) is 5.82. The molecule has 0 amide bonds. The summed E-state index contributed by atoms with van der Waals surface area (Å²) in [6.07, 6.45) is 1.29. The Bertz CT molecular complexity index is 850. The molecule has 0 saturated carbocycles. The van der Waals surface area contributed by atoms with E-state index in [1.165, 1.54) is 24.3 Å². The van der Waals surface area contributed by atoms with Crippen LogP contribution >= 0.6 is 0 Å². The van der Waals surface area contributed by atoms with E-state index in [0.29, 0.717) is 24.0 Å². The Morgan fingerprint density at radius 2 is 1.96 bits per heavy atom. The Kier molecular flexibility index (Phi) is 4.10. The summed E-state index contributed by atoms with van der Waals surface area (Å²) in [5.41, 5.74) is 1.96. The number of fused-ring (bicyclic) bond motifs is 1. The van der Waals surface area contributed by atoms with Crippen molar-refractivity contribution < 1.29 is 17.2 Å². The van der Waals surface area contributed by atoms with Crippen LogP contribution in [-0.2, 0) is 22.2 Å². The zero-order valence-corrected chi connectivity index (χ0v) is 13.5. The molecule has 0 radical (unpaired) electrons. The van der Waals surface area contributed by atoms with Crippen LogP contribution in [0.5, 0.6) is 0 Å². The highest BCUT2D eigenvalue weighted by molar-refractivity contribution is 7.92. The number of hydrogen-bond acceptors (Lipinski definition) is 2. The highest BCUT2D eigenvalue weighted by Crippen LogP contribution is 2.34. The zero-order chi connectivity index (χ0) is 16.6. The molecule has 1 aliphatic heterocycles. The summed E-state index contributed by atoms with van der Waals surface area (Å²) in [5.74, 6) is -1.36. The molecule has 122 valence electrons. The van der Waals surface area contributed by atoms with Crippen LogP contribution in [-0.4, -0.2) is 15.0 Å². The van der Waals surface area contributed by atoms with Crippen molar-refractivity contribution in [3.63, 3.8) is 0 Å². The zero-order valence-electron chi connectivity index (χ0n) is 12.7. The average molecular weight is 337 g/mol. The first-order valence-corrected chi connectivity index (χ1v) is 9.01. The van der Waals surface area contributed by atoms with E-state index in [1.54, 1.807) is 13.0 Å². The van der Waals surface area contributed by atoms with Gasteiger partial charge >= 0.3 is 0 Å². The summed E-state index contributed by atoms with van der Waals surface area (Å²) < 4.78 is 54.1. The maximum Gasteiger partial charge on any atom is 0.239 e. The maximum absolute atomic E-state index is 14.3. The normalized spacial score (nSPS) is 14.7. The van der Waals surface area contributed by atoms with Crippen molar-refractivity contribution in [2.75, 3.05) is 10.8 Å². The van der Waals surface area contributed by atoms with E-state index >= 15 is 0 Å². The van der Waals surface area contributed by atoms with Crippen LogP contribution in [0.25, 0.3) is 0 Å². The Balaban J connectivity index is 1.99. The number of halogens is 2. The van der Waals surface area contributed by atoms with Gasteiger partial charge in [0.2, 0.25) is 10.0 Å². The van der Waals surface area contributed by atoms with Gasteiger partial charge in [-0.05, 0) is 54.7 Å². The molecular formula is C17H17F2NO2S. The van der Waals surface area contributed by atoms with Gasteiger partial charge in [-0.15, -0.1) is 0 Å². The van der Waals surface area contributed by atoms with Crippen molar-refractivity contribution in [3.8, 4) is 0 Å². The Morgan fingerprint density at radius 3 is 2.70 bits per heavy atom. The topological polar surface area (TPSA) is 37.4 Å². The molecular weight excluding hydrogens is 320 g/mol. The number of rotatable bonds is 3. The summed E-state index contributed by atoms with van der Waals surface area (Å²) in [6, 6.07) is 8.63. The van der Waals surface area contributed by atoms with Gasteiger partial charge in [0.25, 0.3) is 0 Å². The number of anilines is 1. The lowest BCUT2D eigenvalue weighted by atomic mass is 10.0. The molecule has 6 heteroatoms. The maximum atomic E-state index is 14.3. The Hall–Kier alpha value is -1.95. The summed E-state index contributed by atoms with van der Waals surface area (Å²) in [6.45, 7) is 2.02. The molecule has 0 atom stereocenters. The van der Waals surface area contributed by atoms with E-state index in [2.05, 4.69) is 0 Å². The molecule has 2 aromatic carbocycles. The predicted molar refractivity (Wildman–Crippen MR) is 85.8 cm³/mol. The van der Waals surface area contributed by atoms with Gasteiger partial charge in [-0.2, -0.15) is 0 Å². The lowest BCUT2D eigenvalue weighted by Crippen LogP contribution is -2.37. The lowest BCUT2D eigenvalue weighted by molar-refractivity contribution is 0.575. The lowest BCUT2D eigenvalue weighted by Gasteiger charge is -2.31. The number of hydrogen-bond donors (Lipinski definition) is 0. The second kappa shape index (κ2) is 5.92. The predicted octanol–water partition coefficient (Wildman–Crippen LogP) is 3.56. The molecule has 0 saturated heterocycles. The van der Waals surface area contributed by atoms with Gasteiger partial charge in [0, 0.05) is 6.54 Å². The molecule has 1 heterocycles. The van der Waals surface area contributed by atoms with Crippen molar-refractivity contribution in [3.05, 3.63) is 64.7 Å². The van der Waals surface area contributed by atoms with Crippen molar-refractivity contribution in [1.29, 1.82) is 0 Å². The average Bonchev–Trinajstić information content (AvgIpc) is 2.45. The van der Waals surface area contributed by atoms with Crippen molar-refractivity contribution >= 4 is 15.7 Å². The number of aryl methyl sites for hydroxylation is 2. The number of nitrogens with zero attached hydrogens (tertiary/aromatic N) is 1. The second-order valence-corrected chi connectivity index (χ2v) is 7.71. The third kappa shape index (κ3) is 3.22. The van der Waals surface area contributed by atoms with E-state index in [1.807, 2.05) is 6.07 Å². The van der Waals surface area contributed by atoms with E-state index in [4.69, 9.17) is 0 Å². The first-order valence-electron chi connectivity index (χ1n) is 7.41. The number of sulfonamides is 1. The standard InChI is InChI=1S/C17H17F2NO2S/c1-12-8-14-5-3-7-20(17(14)16(19)9-12)23(21,22)11-13-4-2-6-15(18)10-13/h2,4,6,8-10H,3,5,7,11H2,1H3. The molecule has 3 nitrogen and oxygen atoms in total. The van der Waals surface area contributed by atoms with E-state index in [0.717, 1.165) is 9.87 Å². The monoisotopic (exact) mass is 337 g/mol. The summed E-state index contributed by atoms with van der Waals surface area (Å²) in [4.78, 5) is 0. The van der Waals surface area contributed by atoms with Crippen LogP contribution < -0.4 is 4.31 Å². The van der Waals surface area contributed by atoms with E-state index < -0.39 is 21.7 Å². The highest BCUT2D eigenvalue weighted by Gasteiger charge is 2.30. The molecule has 3 rings (SSSR count). The smallest absolute Gasteiger partial charge is 0.239 e. The fourth-order valence-electron chi connectivity index (χ4n) is 2.99. The van der Waals surface area contributed by atoms with Gasteiger partial charge in [-0.1, -0.05) is 18.2 Å². The van der Waals surface area contributed by atoms with Gasteiger partial charge in [0.15, 0.2) is 0 Å². The molecule has 0 spiro atoms. The van der Waals surface area contributed by atoms with Gasteiger partial charge in [-0.25, -0.2) is 17.2 Å². The highest BCUT2D eigenvalue weighted by atomic mass is 32.2. The Morgan fingerprint density at radius 1 is 1.17 bits per heavy atom. The Labute approximate surface area is 134 Å². The first kappa shape index (κ1) is 15.9. The van der Waals surface area contributed by atoms with Crippen LogP contribution in [0.4, 0.5) is 14.5 Å². The van der Waals surface area contributed by atoms with E-state index in [-0.39, 0.29) is 18.0 Å². The van der Waals surface area contributed by atoms with Crippen molar-refractivity contribution in [2.24, 2.45) is 0 Å². The molecule has 2 aromatic rings. The van der Waals surface area contributed by atoms with Crippen molar-refractivity contribution in [2.45, 2.75) is 25.5 Å². The minimum Gasteiger partial charge on any atom is -0.267 e. The van der Waals surface area contributed by atoms with Gasteiger partial charge in [-0.3, -0.25) is 4.31 Å². The SMILES string of the molecule is Cc1cc(F)c2c(c1)CCCN2S(=O)(=O)Cc1cccc(F)c1.